The van der Waals surface area contributed by atoms with Gasteiger partial charge in [-0.25, -0.2) is 0 Å². The van der Waals surface area contributed by atoms with Gasteiger partial charge in [-0.2, -0.15) is 0 Å². The number of carbonyl (C=O) groups excluding carboxylic acids is 1. The molecule has 0 saturated carbocycles. The molecule has 0 spiro atoms. The van der Waals surface area contributed by atoms with Gasteiger partial charge in [-0.1, -0.05) is 31.6 Å². The molecule has 4 heteroatoms. The average Bonchev–Trinajstić information content (AvgIpc) is 2.84. The van der Waals surface area contributed by atoms with E-state index in [9.17, 15) is 4.79 Å². The van der Waals surface area contributed by atoms with Crippen LogP contribution >= 0.6 is 11.3 Å². The molecule has 1 atom stereocenters. The van der Waals surface area contributed by atoms with Gasteiger partial charge in [0.15, 0.2) is 0 Å². The monoisotopic (exact) mass is 305 g/mol. The Labute approximate surface area is 131 Å². The molecule has 0 aliphatic carbocycles. The maximum absolute atomic E-state index is 12.5. The molecule has 1 aromatic heterocycles. The number of aliphatic hydroxyl groups excluding tert-OH is 1. The number of hydrogen-bond acceptors (Lipinski definition) is 3. The van der Waals surface area contributed by atoms with Crippen LogP contribution in [0.25, 0.3) is 0 Å². The second-order valence-corrected chi connectivity index (χ2v) is 6.59. The zero-order valence-electron chi connectivity index (χ0n) is 12.6. The summed E-state index contributed by atoms with van der Waals surface area (Å²) in [6.07, 6.45) is 5.99. The molecule has 114 valence electrons. The van der Waals surface area contributed by atoms with Gasteiger partial charge in [-0.15, -0.1) is 11.3 Å². The zero-order chi connectivity index (χ0) is 15.1. The van der Waals surface area contributed by atoms with Crippen molar-refractivity contribution in [3.05, 3.63) is 21.9 Å². The smallest absolute Gasteiger partial charge is 0.263 e. The van der Waals surface area contributed by atoms with Crippen molar-refractivity contribution in [3.63, 3.8) is 0 Å². The molecule has 1 amide bonds. The van der Waals surface area contributed by atoms with E-state index in [1.165, 1.54) is 30.6 Å². The van der Waals surface area contributed by atoms with E-state index in [0.717, 1.165) is 41.6 Å². The summed E-state index contributed by atoms with van der Waals surface area (Å²) in [6.45, 7) is 3.83. The second kappa shape index (κ2) is 8.21. The summed E-state index contributed by atoms with van der Waals surface area (Å²) in [4.78, 5) is 16.1. The minimum atomic E-state index is -0.147. The third-order valence-electron chi connectivity index (χ3n) is 3.94. The lowest BCUT2D eigenvalue weighted by Crippen LogP contribution is -2.31. The maximum atomic E-state index is 12.5. The number of carbonyl (C=O) groups is 1. The molecule has 3 nitrogen and oxygen atoms in total. The summed E-state index contributed by atoms with van der Waals surface area (Å²) in [5.74, 6) is 6.39. The van der Waals surface area contributed by atoms with Gasteiger partial charge in [-0.3, -0.25) is 4.79 Å². The number of likely N-dealkylation sites (tertiary alicyclic amines) is 1. The number of aliphatic hydroxyl groups is 1. The highest BCUT2D eigenvalue weighted by atomic mass is 32.1. The molecule has 0 aromatic carbocycles. The highest BCUT2D eigenvalue weighted by Crippen LogP contribution is 2.24. The third-order valence-corrected chi connectivity index (χ3v) is 4.93. The van der Waals surface area contributed by atoms with Crippen molar-refractivity contribution in [1.82, 2.24) is 4.90 Å². The summed E-state index contributed by atoms with van der Waals surface area (Å²) in [6, 6.07) is 3.71. The van der Waals surface area contributed by atoms with Crippen molar-refractivity contribution in [3.8, 4) is 11.8 Å². The van der Waals surface area contributed by atoms with Crippen LogP contribution in [0.4, 0.5) is 0 Å². The van der Waals surface area contributed by atoms with Crippen molar-refractivity contribution >= 4 is 17.2 Å². The third kappa shape index (κ3) is 4.59. The van der Waals surface area contributed by atoms with Crippen LogP contribution in [0.5, 0.6) is 0 Å². The Morgan fingerprint density at radius 2 is 2.29 bits per heavy atom. The maximum Gasteiger partial charge on any atom is 0.263 e. The minimum absolute atomic E-state index is 0.134. The van der Waals surface area contributed by atoms with Crippen LogP contribution in [0.15, 0.2) is 12.1 Å². The molecule has 0 radical (unpaired) electrons. The average molecular weight is 305 g/mol. The Morgan fingerprint density at radius 1 is 1.43 bits per heavy atom. The molecule has 1 aliphatic rings. The van der Waals surface area contributed by atoms with Crippen LogP contribution in [0, 0.1) is 17.8 Å². The zero-order valence-corrected chi connectivity index (χ0v) is 13.4. The molecule has 0 bridgehead atoms. The van der Waals surface area contributed by atoms with Crippen molar-refractivity contribution in [2.45, 2.75) is 39.0 Å². The van der Waals surface area contributed by atoms with Crippen molar-refractivity contribution in [2.75, 3.05) is 19.7 Å². The van der Waals surface area contributed by atoms with E-state index in [2.05, 4.69) is 18.8 Å². The van der Waals surface area contributed by atoms with Crippen molar-refractivity contribution < 1.29 is 9.90 Å². The van der Waals surface area contributed by atoms with Crippen LogP contribution in [0.2, 0.25) is 0 Å². The first-order chi connectivity index (χ1) is 10.2. The summed E-state index contributed by atoms with van der Waals surface area (Å²) in [7, 11) is 0. The van der Waals surface area contributed by atoms with E-state index >= 15 is 0 Å². The topological polar surface area (TPSA) is 40.5 Å². The van der Waals surface area contributed by atoms with Crippen LogP contribution < -0.4 is 0 Å². The van der Waals surface area contributed by atoms with Gasteiger partial charge in [0.05, 0.1) is 9.75 Å². The highest BCUT2D eigenvalue weighted by molar-refractivity contribution is 7.14. The van der Waals surface area contributed by atoms with E-state index in [1.807, 2.05) is 17.0 Å². The van der Waals surface area contributed by atoms with Gasteiger partial charge in [0, 0.05) is 13.1 Å². The minimum Gasteiger partial charge on any atom is -0.384 e. The fourth-order valence-electron chi connectivity index (χ4n) is 2.87. The molecular formula is C17H23NO2S. The van der Waals surface area contributed by atoms with Crippen LogP contribution in [0.3, 0.4) is 0 Å². The van der Waals surface area contributed by atoms with Gasteiger partial charge in [0.1, 0.15) is 6.61 Å². The lowest BCUT2D eigenvalue weighted by atomic mass is 9.96. The van der Waals surface area contributed by atoms with Gasteiger partial charge >= 0.3 is 0 Å². The molecule has 2 rings (SSSR count). The molecule has 1 N–H and O–H groups in total. The summed E-state index contributed by atoms with van der Waals surface area (Å²) in [5.41, 5.74) is 0. The first-order valence-electron chi connectivity index (χ1n) is 7.73. The largest absolute Gasteiger partial charge is 0.384 e. The molecule has 1 fully saturated rings. The lowest BCUT2D eigenvalue weighted by Gasteiger charge is -2.19. The van der Waals surface area contributed by atoms with Crippen LogP contribution in [-0.2, 0) is 0 Å². The summed E-state index contributed by atoms with van der Waals surface area (Å²) in [5, 5.41) is 8.70. The standard InChI is InChI=1S/C17H23NO2S/c1-2-5-14-6-3-11-18(12-10-14)17(20)16-9-8-15(21-16)7-4-13-19/h8-9,14,19H,2-3,5-6,10-13H2,1H3. The van der Waals surface area contributed by atoms with Gasteiger partial charge < -0.3 is 10.0 Å². The van der Waals surface area contributed by atoms with E-state index in [0.29, 0.717) is 0 Å². The quantitative estimate of drug-likeness (QED) is 0.872. The van der Waals surface area contributed by atoms with Crippen molar-refractivity contribution in [2.24, 2.45) is 5.92 Å². The van der Waals surface area contributed by atoms with Crippen LogP contribution in [0.1, 0.15) is 53.6 Å². The summed E-state index contributed by atoms with van der Waals surface area (Å²) < 4.78 is 0. The summed E-state index contributed by atoms with van der Waals surface area (Å²) >= 11 is 1.42. The Kier molecular flexibility index (Phi) is 6.28. The number of thiophene rings is 1. The fraction of sp³-hybridized carbons (Fsp3) is 0.588. The van der Waals surface area contributed by atoms with Gasteiger partial charge in [-0.05, 0) is 37.3 Å². The predicted octanol–water partition coefficient (Wildman–Crippen LogP) is 3.13. The van der Waals surface area contributed by atoms with E-state index in [4.69, 9.17) is 5.11 Å². The molecule has 1 aliphatic heterocycles. The first-order valence-corrected chi connectivity index (χ1v) is 8.55. The molecule has 1 saturated heterocycles. The van der Waals surface area contributed by atoms with E-state index in [1.54, 1.807) is 0 Å². The normalized spacial score (nSPS) is 18.8. The van der Waals surface area contributed by atoms with Crippen LogP contribution in [-0.4, -0.2) is 35.6 Å². The first kappa shape index (κ1) is 16.1. The number of nitrogens with zero attached hydrogens (tertiary/aromatic N) is 1. The molecule has 1 unspecified atom stereocenters. The van der Waals surface area contributed by atoms with Crippen molar-refractivity contribution in [1.29, 1.82) is 0 Å². The Hall–Kier alpha value is -1.31. The van der Waals surface area contributed by atoms with E-state index in [-0.39, 0.29) is 12.5 Å². The van der Waals surface area contributed by atoms with E-state index < -0.39 is 0 Å². The van der Waals surface area contributed by atoms with Gasteiger partial charge in [0.25, 0.3) is 5.91 Å². The molecule has 21 heavy (non-hydrogen) atoms. The molecule has 1 aromatic rings. The Morgan fingerprint density at radius 3 is 3.05 bits per heavy atom. The highest BCUT2D eigenvalue weighted by Gasteiger charge is 2.22. The molecule has 2 heterocycles. The Bertz CT molecular complexity index is 526. The predicted molar refractivity (Wildman–Crippen MR) is 86.4 cm³/mol. The lowest BCUT2D eigenvalue weighted by molar-refractivity contribution is 0.0764. The number of rotatable bonds is 3. The number of hydrogen-bond donors (Lipinski definition) is 1. The molecular weight excluding hydrogens is 282 g/mol. The van der Waals surface area contributed by atoms with Gasteiger partial charge in [0.2, 0.25) is 0 Å². The second-order valence-electron chi connectivity index (χ2n) is 5.50. The number of amides is 1. The Balaban J connectivity index is 1.97. The fourth-order valence-corrected chi connectivity index (χ4v) is 3.72. The SMILES string of the molecule is CCCC1CCCN(C(=O)c2ccc(C#CCO)s2)CC1.